The molecule has 2 amide bonds. The van der Waals surface area contributed by atoms with Crippen LogP contribution < -0.4 is 10.1 Å². The molecule has 0 unspecified atom stereocenters. The highest BCUT2D eigenvalue weighted by Gasteiger charge is 2.39. The fraction of sp³-hybridized carbons (Fsp3) is 0.385. The Bertz CT molecular complexity index is 1380. The number of carbonyl (C=O) groups excluding carboxylic acids is 1. The zero-order valence-corrected chi connectivity index (χ0v) is 21.5. The molecule has 0 aliphatic carbocycles. The van der Waals surface area contributed by atoms with Crippen LogP contribution in [0.2, 0.25) is 0 Å². The Hall–Kier alpha value is -4.09. The highest BCUT2D eigenvalue weighted by molar-refractivity contribution is 5.79. The SMILES string of the molecule is Cc1c(NC(C)C)nn(C)c1-c1cc(OC2CN(C(=O)N3N=CC[C@H]3c3cc(F)cc(F)c3)C2)c(F)cn1. The van der Waals surface area contributed by atoms with Gasteiger partial charge in [0.1, 0.15) is 17.7 Å². The first kappa shape index (κ1) is 25.6. The van der Waals surface area contributed by atoms with Crippen LogP contribution in [-0.2, 0) is 7.05 Å². The van der Waals surface area contributed by atoms with Gasteiger partial charge in [-0.05, 0) is 38.5 Å². The number of anilines is 1. The fourth-order valence-corrected chi connectivity index (χ4v) is 4.67. The Morgan fingerprint density at radius 2 is 1.84 bits per heavy atom. The molecular weight excluding hydrogens is 499 g/mol. The van der Waals surface area contributed by atoms with E-state index in [1.807, 2.05) is 20.8 Å². The van der Waals surface area contributed by atoms with Crippen molar-refractivity contribution >= 4 is 18.1 Å². The van der Waals surface area contributed by atoms with Crippen molar-refractivity contribution in [1.82, 2.24) is 24.7 Å². The molecule has 1 fully saturated rings. The molecule has 1 atom stereocenters. The van der Waals surface area contributed by atoms with Crippen LogP contribution in [0.25, 0.3) is 11.4 Å². The summed E-state index contributed by atoms with van der Waals surface area (Å²) in [7, 11) is 1.79. The van der Waals surface area contributed by atoms with Crippen molar-refractivity contribution in [3.8, 4) is 17.1 Å². The lowest BCUT2D eigenvalue weighted by Crippen LogP contribution is -2.58. The Kier molecular flexibility index (Phi) is 6.72. The molecule has 0 bridgehead atoms. The summed E-state index contributed by atoms with van der Waals surface area (Å²) in [6, 6.07) is 3.87. The fourth-order valence-electron chi connectivity index (χ4n) is 4.67. The van der Waals surface area contributed by atoms with E-state index in [0.29, 0.717) is 17.7 Å². The predicted molar refractivity (Wildman–Crippen MR) is 135 cm³/mol. The number of ether oxygens (including phenoxy) is 1. The lowest BCUT2D eigenvalue weighted by Gasteiger charge is -2.41. The summed E-state index contributed by atoms with van der Waals surface area (Å²) in [5.74, 6) is -1.30. The Morgan fingerprint density at radius 1 is 1.13 bits per heavy atom. The zero-order valence-electron chi connectivity index (χ0n) is 21.5. The molecule has 3 aromatic rings. The zero-order chi connectivity index (χ0) is 27.1. The van der Waals surface area contributed by atoms with Gasteiger partial charge in [-0.25, -0.2) is 23.0 Å². The van der Waals surface area contributed by atoms with E-state index in [9.17, 15) is 18.0 Å². The number of hydrogen-bond donors (Lipinski definition) is 1. The Morgan fingerprint density at radius 3 is 2.53 bits per heavy atom. The van der Waals surface area contributed by atoms with Gasteiger partial charge in [0.2, 0.25) is 0 Å². The number of pyridine rings is 1. The maximum Gasteiger partial charge on any atom is 0.341 e. The summed E-state index contributed by atoms with van der Waals surface area (Å²) in [5.41, 5.74) is 2.44. The smallest absolute Gasteiger partial charge is 0.341 e. The van der Waals surface area contributed by atoms with Crippen LogP contribution in [0.15, 0.2) is 35.6 Å². The van der Waals surface area contributed by atoms with Crippen molar-refractivity contribution in [2.75, 3.05) is 18.4 Å². The van der Waals surface area contributed by atoms with E-state index in [0.717, 1.165) is 29.3 Å². The average Bonchev–Trinajstić information content (AvgIpc) is 3.41. The molecule has 0 saturated carbocycles. The molecule has 2 aliphatic rings. The van der Waals surface area contributed by atoms with Crippen molar-refractivity contribution in [3.63, 3.8) is 0 Å². The van der Waals surface area contributed by atoms with Gasteiger partial charge in [-0.15, -0.1) is 0 Å². The van der Waals surface area contributed by atoms with Gasteiger partial charge in [-0.2, -0.15) is 10.2 Å². The summed E-state index contributed by atoms with van der Waals surface area (Å²) in [4.78, 5) is 18.8. The van der Waals surface area contributed by atoms with Crippen molar-refractivity contribution in [3.05, 3.63) is 59.0 Å². The van der Waals surface area contributed by atoms with Crippen LogP contribution in [0.1, 0.15) is 37.4 Å². The van der Waals surface area contributed by atoms with Gasteiger partial charge in [0.05, 0.1) is 36.7 Å². The predicted octanol–water partition coefficient (Wildman–Crippen LogP) is 4.64. The third-order valence-electron chi connectivity index (χ3n) is 6.48. The molecule has 38 heavy (non-hydrogen) atoms. The standard InChI is InChI=1S/C26H28F3N7O2/c1-14(2)32-25-15(3)24(34(4)33-25)21-10-23(20(29)11-30-21)38-19-12-35(13-19)26(37)36-22(5-6-31-36)16-7-17(27)9-18(28)8-16/h6-11,14,19,22H,5,12-13H2,1-4H3,(H,32,33)/t22-/m0/s1. The third-order valence-corrected chi connectivity index (χ3v) is 6.48. The number of urea groups is 1. The molecule has 9 nitrogen and oxygen atoms in total. The lowest BCUT2D eigenvalue weighted by molar-refractivity contribution is 0.0256. The molecule has 2 aliphatic heterocycles. The van der Waals surface area contributed by atoms with E-state index in [2.05, 4.69) is 20.5 Å². The van der Waals surface area contributed by atoms with Gasteiger partial charge in [0.25, 0.3) is 0 Å². The first-order valence-corrected chi connectivity index (χ1v) is 12.3. The van der Waals surface area contributed by atoms with Crippen molar-refractivity contribution < 1.29 is 22.7 Å². The van der Waals surface area contributed by atoms with E-state index in [4.69, 9.17) is 4.74 Å². The lowest BCUT2D eigenvalue weighted by atomic mass is 10.0. The minimum absolute atomic E-state index is 0.0263. The van der Waals surface area contributed by atoms with Gasteiger partial charge >= 0.3 is 6.03 Å². The summed E-state index contributed by atoms with van der Waals surface area (Å²) in [6.45, 7) is 6.36. The summed E-state index contributed by atoms with van der Waals surface area (Å²) in [5, 5.41) is 13.1. The van der Waals surface area contributed by atoms with E-state index < -0.39 is 35.6 Å². The quantitative estimate of drug-likeness (QED) is 0.505. The number of rotatable bonds is 6. The minimum atomic E-state index is -0.718. The number of nitrogens with one attached hydrogen (secondary N) is 1. The van der Waals surface area contributed by atoms with E-state index in [1.54, 1.807) is 11.7 Å². The number of carbonyl (C=O) groups is 1. The number of aryl methyl sites for hydroxylation is 1. The highest BCUT2D eigenvalue weighted by atomic mass is 19.1. The molecule has 5 rings (SSSR count). The summed E-state index contributed by atoms with van der Waals surface area (Å²) >= 11 is 0. The number of amides is 2. The van der Waals surface area contributed by atoms with Crippen molar-refractivity contribution in [2.45, 2.75) is 45.4 Å². The molecule has 12 heteroatoms. The average molecular weight is 528 g/mol. The maximum atomic E-state index is 14.6. The largest absolute Gasteiger partial charge is 0.483 e. The molecule has 0 radical (unpaired) electrons. The maximum absolute atomic E-state index is 14.6. The van der Waals surface area contributed by atoms with Crippen LogP contribution in [-0.4, -0.2) is 62.2 Å². The third kappa shape index (κ3) is 4.90. The van der Waals surface area contributed by atoms with E-state index in [1.165, 1.54) is 34.3 Å². The molecule has 1 N–H and O–H groups in total. The second kappa shape index (κ2) is 9.99. The molecular formula is C26H28F3N7O2. The number of likely N-dealkylation sites (tertiary alicyclic amines) is 1. The molecule has 200 valence electrons. The summed E-state index contributed by atoms with van der Waals surface area (Å²) < 4.78 is 49.6. The monoisotopic (exact) mass is 527 g/mol. The van der Waals surface area contributed by atoms with Crippen LogP contribution in [0.3, 0.4) is 0 Å². The normalized spacial score (nSPS) is 17.3. The first-order valence-electron chi connectivity index (χ1n) is 12.3. The first-order chi connectivity index (χ1) is 18.1. The van der Waals surface area contributed by atoms with Gasteiger partial charge in [-0.3, -0.25) is 9.67 Å². The minimum Gasteiger partial charge on any atom is -0.483 e. The Balaban J connectivity index is 1.26. The second-order valence-electron chi connectivity index (χ2n) is 9.77. The number of halogens is 3. The van der Waals surface area contributed by atoms with Crippen LogP contribution in [0.5, 0.6) is 5.75 Å². The number of benzene rings is 1. The molecule has 4 heterocycles. The number of nitrogens with zero attached hydrogens (tertiary/aromatic N) is 6. The second-order valence-corrected chi connectivity index (χ2v) is 9.77. The van der Waals surface area contributed by atoms with E-state index >= 15 is 0 Å². The highest BCUT2D eigenvalue weighted by Crippen LogP contribution is 2.33. The summed E-state index contributed by atoms with van der Waals surface area (Å²) in [6.07, 6.45) is 2.55. The van der Waals surface area contributed by atoms with Crippen molar-refractivity contribution in [1.29, 1.82) is 0 Å². The van der Waals surface area contributed by atoms with Crippen LogP contribution in [0, 0.1) is 24.4 Å². The molecule has 2 aromatic heterocycles. The molecule has 1 saturated heterocycles. The van der Waals surface area contributed by atoms with E-state index in [-0.39, 0.29) is 24.9 Å². The van der Waals surface area contributed by atoms with Crippen LogP contribution in [0.4, 0.5) is 23.8 Å². The van der Waals surface area contributed by atoms with Crippen LogP contribution >= 0.6 is 0 Å². The van der Waals surface area contributed by atoms with Gasteiger partial charge in [0.15, 0.2) is 17.4 Å². The molecule has 1 aromatic carbocycles. The van der Waals surface area contributed by atoms with Gasteiger partial charge in [0, 0.05) is 43.4 Å². The number of hydrogen-bond acceptors (Lipinski definition) is 6. The Labute approximate surface area is 217 Å². The topological polar surface area (TPSA) is 87.9 Å². The number of aromatic nitrogens is 3. The van der Waals surface area contributed by atoms with Crippen molar-refractivity contribution in [2.24, 2.45) is 12.1 Å². The molecule has 0 spiro atoms. The van der Waals surface area contributed by atoms with Gasteiger partial charge in [-0.1, -0.05) is 0 Å². The van der Waals surface area contributed by atoms with Gasteiger partial charge < -0.3 is 15.0 Å². The number of hydrazone groups is 1.